The van der Waals surface area contributed by atoms with E-state index in [4.69, 9.17) is 0 Å². The molecule has 0 aromatic heterocycles. The zero-order valence-corrected chi connectivity index (χ0v) is 15.6. The van der Waals surface area contributed by atoms with E-state index in [1.54, 1.807) is 37.2 Å². The number of carbonyl (C=O) groups excluding carboxylic acids is 1. The van der Waals surface area contributed by atoms with E-state index in [1.165, 1.54) is 12.1 Å². The second kappa shape index (κ2) is 8.15. The summed E-state index contributed by atoms with van der Waals surface area (Å²) in [6.45, 7) is 3.89. The van der Waals surface area contributed by atoms with Crippen molar-refractivity contribution in [2.75, 3.05) is 24.3 Å². The van der Waals surface area contributed by atoms with Gasteiger partial charge in [0, 0.05) is 25.8 Å². The normalized spacial score (nSPS) is 10.9. The SMILES string of the molecule is Cc1ccc(NC(=O)/C(C#N)=C/c2ccc(N(C)C)c([N+](=O)[O-])c2)cc1C. The van der Waals surface area contributed by atoms with Gasteiger partial charge in [-0.05, 0) is 54.8 Å². The number of nitro groups is 1. The van der Waals surface area contributed by atoms with Crippen molar-refractivity contribution in [2.24, 2.45) is 0 Å². The Morgan fingerprint density at radius 3 is 2.44 bits per heavy atom. The quantitative estimate of drug-likeness (QED) is 0.376. The molecule has 1 amide bonds. The van der Waals surface area contributed by atoms with Crippen LogP contribution in [0.1, 0.15) is 16.7 Å². The average Bonchev–Trinajstić information content (AvgIpc) is 2.62. The highest BCUT2D eigenvalue weighted by Crippen LogP contribution is 2.28. The molecular weight excluding hydrogens is 344 g/mol. The first-order chi connectivity index (χ1) is 12.7. The van der Waals surface area contributed by atoms with Gasteiger partial charge < -0.3 is 10.2 Å². The smallest absolute Gasteiger partial charge is 0.293 e. The van der Waals surface area contributed by atoms with Crippen molar-refractivity contribution in [1.29, 1.82) is 5.26 Å². The molecule has 0 bridgehead atoms. The van der Waals surface area contributed by atoms with Gasteiger partial charge in [0.2, 0.25) is 0 Å². The predicted molar refractivity (Wildman–Crippen MR) is 106 cm³/mol. The molecule has 27 heavy (non-hydrogen) atoms. The van der Waals surface area contributed by atoms with Crippen molar-refractivity contribution in [3.63, 3.8) is 0 Å². The van der Waals surface area contributed by atoms with Crippen LogP contribution in [0.3, 0.4) is 0 Å². The molecule has 0 aliphatic rings. The van der Waals surface area contributed by atoms with Crippen molar-refractivity contribution in [1.82, 2.24) is 0 Å². The van der Waals surface area contributed by atoms with E-state index >= 15 is 0 Å². The van der Waals surface area contributed by atoms with Gasteiger partial charge in [0.1, 0.15) is 17.3 Å². The molecule has 2 aromatic rings. The molecule has 0 spiro atoms. The van der Waals surface area contributed by atoms with Crippen LogP contribution in [0, 0.1) is 35.3 Å². The van der Waals surface area contributed by atoms with Gasteiger partial charge in [0.25, 0.3) is 11.6 Å². The van der Waals surface area contributed by atoms with Crippen molar-refractivity contribution in [3.05, 3.63) is 68.8 Å². The number of nitriles is 1. The van der Waals surface area contributed by atoms with Crippen LogP contribution in [-0.4, -0.2) is 24.9 Å². The van der Waals surface area contributed by atoms with Crippen LogP contribution in [0.15, 0.2) is 42.0 Å². The summed E-state index contributed by atoms with van der Waals surface area (Å²) < 4.78 is 0. The number of nitrogens with zero attached hydrogens (tertiary/aromatic N) is 3. The van der Waals surface area contributed by atoms with Gasteiger partial charge in [0.05, 0.1) is 4.92 Å². The molecule has 138 valence electrons. The maximum Gasteiger partial charge on any atom is 0.293 e. The number of nitrogens with one attached hydrogen (secondary N) is 1. The molecule has 7 heteroatoms. The van der Waals surface area contributed by atoms with E-state index in [0.717, 1.165) is 11.1 Å². The Labute approximate surface area is 157 Å². The number of rotatable bonds is 5. The lowest BCUT2D eigenvalue weighted by molar-refractivity contribution is -0.384. The first-order valence-corrected chi connectivity index (χ1v) is 8.19. The summed E-state index contributed by atoms with van der Waals surface area (Å²) in [6.07, 6.45) is 1.34. The third-order valence-corrected chi connectivity index (χ3v) is 4.12. The molecule has 0 heterocycles. The summed E-state index contributed by atoms with van der Waals surface area (Å²) in [6, 6.07) is 11.9. The fraction of sp³-hybridized carbons (Fsp3) is 0.200. The monoisotopic (exact) mass is 364 g/mol. The maximum absolute atomic E-state index is 12.4. The lowest BCUT2D eigenvalue weighted by atomic mass is 10.1. The third-order valence-electron chi connectivity index (χ3n) is 4.12. The number of amides is 1. The molecule has 7 nitrogen and oxygen atoms in total. The second-order valence-corrected chi connectivity index (χ2v) is 6.32. The number of benzene rings is 2. The Morgan fingerprint density at radius 1 is 1.19 bits per heavy atom. The first kappa shape index (κ1) is 19.7. The predicted octanol–water partition coefficient (Wildman–Crippen LogP) is 3.82. The molecule has 0 unspecified atom stereocenters. The molecule has 2 aromatic carbocycles. The molecule has 0 fully saturated rings. The highest BCUT2D eigenvalue weighted by atomic mass is 16.6. The van der Waals surface area contributed by atoms with Gasteiger partial charge in [-0.15, -0.1) is 0 Å². The molecule has 0 aliphatic carbocycles. The lowest BCUT2D eigenvalue weighted by Crippen LogP contribution is -2.13. The second-order valence-electron chi connectivity index (χ2n) is 6.32. The third kappa shape index (κ3) is 4.70. The maximum atomic E-state index is 12.4. The lowest BCUT2D eigenvalue weighted by Gasteiger charge is -2.12. The highest BCUT2D eigenvalue weighted by molar-refractivity contribution is 6.09. The number of aryl methyl sites for hydroxylation is 2. The molecule has 0 saturated heterocycles. The van der Waals surface area contributed by atoms with Crippen molar-refractivity contribution >= 4 is 29.0 Å². The van der Waals surface area contributed by atoms with Crippen LogP contribution in [-0.2, 0) is 4.79 Å². The fourth-order valence-electron chi connectivity index (χ4n) is 2.49. The van der Waals surface area contributed by atoms with E-state index in [9.17, 15) is 20.2 Å². The van der Waals surface area contributed by atoms with Gasteiger partial charge in [-0.25, -0.2) is 0 Å². The van der Waals surface area contributed by atoms with E-state index in [0.29, 0.717) is 16.9 Å². The van der Waals surface area contributed by atoms with Crippen LogP contribution in [0.2, 0.25) is 0 Å². The van der Waals surface area contributed by atoms with Gasteiger partial charge in [-0.2, -0.15) is 5.26 Å². The van der Waals surface area contributed by atoms with Crippen LogP contribution in [0.5, 0.6) is 0 Å². The minimum atomic E-state index is -0.569. The zero-order chi connectivity index (χ0) is 20.1. The Kier molecular flexibility index (Phi) is 5.93. The molecule has 0 aliphatic heterocycles. The Hall–Kier alpha value is -3.66. The Morgan fingerprint density at radius 2 is 1.89 bits per heavy atom. The molecule has 1 N–H and O–H groups in total. The summed E-state index contributed by atoms with van der Waals surface area (Å²) >= 11 is 0. The van der Waals surface area contributed by atoms with Crippen molar-refractivity contribution < 1.29 is 9.72 Å². The summed E-state index contributed by atoms with van der Waals surface area (Å²) in [4.78, 5) is 24.8. The van der Waals surface area contributed by atoms with Crippen LogP contribution >= 0.6 is 0 Å². The van der Waals surface area contributed by atoms with Crippen LogP contribution in [0.25, 0.3) is 6.08 Å². The summed E-state index contributed by atoms with van der Waals surface area (Å²) in [5, 5.41) is 23.3. The van der Waals surface area contributed by atoms with Crippen molar-refractivity contribution in [2.45, 2.75) is 13.8 Å². The summed E-state index contributed by atoms with van der Waals surface area (Å²) in [7, 11) is 3.41. The number of nitro benzene ring substituents is 1. The molecule has 0 atom stereocenters. The van der Waals surface area contributed by atoms with Gasteiger partial charge in [0.15, 0.2) is 0 Å². The summed E-state index contributed by atoms with van der Waals surface area (Å²) in [5.41, 5.74) is 3.30. The fourth-order valence-corrected chi connectivity index (χ4v) is 2.49. The summed E-state index contributed by atoms with van der Waals surface area (Å²) in [5.74, 6) is -0.569. The Bertz CT molecular complexity index is 972. The first-order valence-electron chi connectivity index (χ1n) is 8.19. The number of hydrogen-bond donors (Lipinski definition) is 1. The Balaban J connectivity index is 2.33. The molecule has 0 saturated carbocycles. The van der Waals surface area contributed by atoms with Gasteiger partial charge >= 0.3 is 0 Å². The average molecular weight is 364 g/mol. The van der Waals surface area contributed by atoms with Gasteiger partial charge in [-0.1, -0.05) is 12.1 Å². The molecule has 2 rings (SSSR count). The minimum Gasteiger partial charge on any atom is -0.372 e. The molecular formula is C20H20N4O3. The highest BCUT2D eigenvalue weighted by Gasteiger charge is 2.17. The molecule has 0 radical (unpaired) electrons. The van der Waals surface area contributed by atoms with Crippen molar-refractivity contribution in [3.8, 4) is 6.07 Å². The number of carbonyl (C=O) groups is 1. The zero-order valence-electron chi connectivity index (χ0n) is 15.6. The van der Waals surface area contributed by atoms with Crippen LogP contribution in [0.4, 0.5) is 17.1 Å². The van der Waals surface area contributed by atoms with E-state index < -0.39 is 10.8 Å². The minimum absolute atomic E-state index is 0.0967. The topological polar surface area (TPSA) is 99.3 Å². The number of hydrogen-bond acceptors (Lipinski definition) is 5. The number of anilines is 2. The van der Waals surface area contributed by atoms with E-state index in [2.05, 4.69) is 5.32 Å². The van der Waals surface area contributed by atoms with E-state index in [1.807, 2.05) is 32.0 Å². The largest absolute Gasteiger partial charge is 0.372 e. The standard InChI is InChI=1S/C20H20N4O3/c1-13-5-7-17(9-14(13)2)22-20(25)16(12-21)10-15-6-8-18(23(3)4)19(11-15)24(26)27/h5-11H,1-4H3,(H,22,25)/b16-10+. The van der Waals surface area contributed by atoms with Crippen LogP contribution < -0.4 is 10.2 Å². The van der Waals surface area contributed by atoms with Gasteiger partial charge in [-0.3, -0.25) is 14.9 Å². The van der Waals surface area contributed by atoms with E-state index in [-0.39, 0.29) is 11.3 Å².